The molecule has 0 unspecified atom stereocenters. The summed E-state index contributed by atoms with van der Waals surface area (Å²) in [7, 11) is 3.00. The van der Waals surface area contributed by atoms with Crippen molar-refractivity contribution in [3.8, 4) is 0 Å². The molecule has 0 aliphatic carbocycles. The molecule has 0 heterocycles. The highest BCUT2D eigenvalue weighted by atomic mass is 35.6. The topological polar surface area (TPSA) is 60.7 Å². The van der Waals surface area contributed by atoms with Crippen molar-refractivity contribution in [2.75, 3.05) is 58.7 Å². The molecule has 0 aliphatic heterocycles. The fraction of sp³-hybridized carbons (Fsp3) is 1.00. The van der Waals surface area contributed by atoms with Gasteiger partial charge in [0, 0.05) is 21.3 Å². The second kappa shape index (κ2) is 210. The molecule has 0 amide bonds. The van der Waals surface area contributed by atoms with E-state index >= 15 is 0 Å². The molecule has 0 saturated carbocycles. The molecular weight excluding hydrogens is 664 g/mol. The van der Waals surface area contributed by atoms with Gasteiger partial charge in [-0.15, -0.1) is 162 Å². The van der Waals surface area contributed by atoms with Gasteiger partial charge in [0.15, 0.2) is 0 Å². The molecule has 0 aliphatic rings. The highest BCUT2D eigenvalue weighted by molar-refractivity contribution is 6.42. The SMILES string of the molecule is CO.CO.CO.ClCCl.ClCCl.ClCCl.ClCCl.ClCCl.ClCCl.ClCCl. The minimum atomic E-state index is 0.194. The third kappa shape index (κ3) is 1510. The van der Waals surface area contributed by atoms with Crippen LogP contribution in [0, 0.1) is 0 Å². The third-order valence-corrected chi connectivity index (χ3v) is 0. The summed E-state index contributed by atoms with van der Waals surface area (Å²) in [6, 6.07) is 0. The Morgan fingerprint density at radius 3 is 0.259 bits per heavy atom. The first-order valence-electron chi connectivity index (χ1n) is 5.08. The summed E-state index contributed by atoms with van der Waals surface area (Å²) in [4.78, 5) is 0. The van der Waals surface area contributed by atoms with Crippen molar-refractivity contribution >= 4 is 162 Å². The summed E-state index contributed by atoms with van der Waals surface area (Å²) >= 11 is 66.7. The lowest BCUT2D eigenvalue weighted by Gasteiger charge is -1.42. The number of aliphatic hydroxyl groups is 3. The summed E-state index contributed by atoms with van der Waals surface area (Å²) in [6.07, 6.45) is 0. The molecule has 3 nitrogen and oxygen atoms in total. The van der Waals surface area contributed by atoms with Crippen molar-refractivity contribution in [1.82, 2.24) is 0 Å². The van der Waals surface area contributed by atoms with Crippen LogP contribution in [0.15, 0.2) is 0 Å². The van der Waals surface area contributed by atoms with Gasteiger partial charge < -0.3 is 15.3 Å². The predicted molar refractivity (Wildman–Crippen MR) is 140 cm³/mol. The summed E-state index contributed by atoms with van der Waals surface area (Å²) in [6.45, 7) is 0. The molecule has 0 aromatic heterocycles. The van der Waals surface area contributed by atoms with E-state index in [1.54, 1.807) is 0 Å². The van der Waals surface area contributed by atoms with Crippen molar-refractivity contribution in [2.45, 2.75) is 0 Å². The van der Waals surface area contributed by atoms with Gasteiger partial charge in [-0.05, 0) is 0 Å². The van der Waals surface area contributed by atoms with E-state index in [2.05, 4.69) is 0 Å². The molecule has 182 valence electrons. The van der Waals surface area contributed by atoms with Crippen LogP contribution in [0.25, 0.3) is 0 Å². The maximum atomic E-state index is 7.00. The normalized spacial score (nSPS) is 5.33. The number of aliphatic hydroxyl groups excluding tert-OH is 3. The molecular formula is C10H26Cl14O3. The molecule has 27 heavy (non-hydrogen) atoms. The van der Waals surface area contributed by atoms with Gasteiger partial charge in [0.2, 0.25) is 0 Å². The van der Waals surface area contributed by atoms with Crippen LogP contribution in [0.1, 0.15) is 0 Å². The summed E-state index contributed by atoms with van der Waals surface area (Å²) in [5.41, 5.74) is 0. The molecule has 0 bridgehead atoms. The van der Waals surface area contributed by atoms with Crippen LogP contribution in [0.5, 0.6) is 0 Å². The van der Waals surface area contributed by atoms with Crippen LogP contribution in [0.3, 0.4) is 0 Å². The molecule has 3 N–H and O–H groups in total. The Labute approximate surface area is 234 Å². The minimum Gasteiger partial charge on any atom is -0.400 e. The standard InChI is InChI=1S/7CH2Cl2.3CH4O/c7*2-1-3;3*1-2/h7*1H2;3*2H,1H3. The summed E-state index contributed by atoms with van der Waals surface area (Å²) in [5, 5.41) is 22.4. The van der Waals surface area contributed by atoms with Crippen LogP contribution in [0.2, 0.25) is 0 Å². The zero-order valence-electron chi connectivity index (χ0n) is 14.6. The lowest BCUT2D eigenvalue weighted by molar-refractivity contribution is 0.399. The second-order valence-corrected chi connectivity index (χ2v) is 6.36. The van der Waals surface area contributed by atoms with Crippen LogP contribution in [-0.4, -0.2) is 74.0 Å². The Balaban J connectivity index is -0.0000000149. The fourth-order valence-corrected chi connectivity index (χ4v) is 0. The fourth-order valence-electron chi connectivity index (χ4n) is 0. The Morgan fingerprint density at radius 2 is 0.259 bits per heavy atom. The van der Waals surface area contributed by atoms with E-state index in [0.717, 1.165) is 21.3 Å². The maximum Gasteiger partial charge on any atom is 0.0967 e. The monoisotopic (exact) mass is 684 g/mol. The second-order valence-electron chi connectivity index (χ2n) is 0.707. The average Bonchev–Trinajstić information content (AvgIpc) is 2.64. The first-order chi connectivity index (χ1) is 12.9. The molecule has 0 rings (SSSR count). The van der Waals surface area contributed by atoms with E-state index in [1.165, 1.54) is 0 Å². The highest BCUT2D eigenvalue weighted by Gasteiger charge is 1.43. The Morgan fingerprint density at radius 1 is 0.259 bits per heavy atom. The van der Waals surface area contributed by atoms with Gasteiger partial charge in [-0.3, -0.25) is 0 Å². The number of hydrogen-bond donors (Lipinski definition) is 3. The van der Waals surface area contributed by atoms with Gasteiger partial charge in [0.1, 0.15) is 0 Å². The lowest BCUT2D eigenvalue weighted by Crippen LogP contribution is -1.25. The van der Waals surface area contributed by atoms with Crippen LogP contribution in [0.4, 0.5) is 0 Å². The molecule has 0 fully saturated rings. The smallest absolute Gasteiger partial charge is 0.0967 e. The van der Waals surface area contributed by atoms with Gasteiger partial charge in [0.25, 0.3) is 0 Å². The number of rotatable bonds is 0. The highest BCUT2D eigenvalue weighted by Crippen LogP contribution is 1.74. The van der Waals surface area contributed by atoms with Crippen LogP contribution >= 0.6 is 162 Å². The molecule has 0 saturated heterocycles. The van der Waals surface area contributed by atoms with Crippen LogP contribution < -0.4 is 0 Å². The van der Waals surface area contributed by atoms with E-state index in [0.29, 0.717) is 0 Å². The predicted octanol–water partition coefficient (Wildman–Crippen LogP) is 8.78. The molecule has 0 aromatic carbocycles. The van der Waals surface area contributed by atoms with Gasteiger partial charge in [-0.2, -0.15) is 0 Å². The minimum absolute atomic E-state index is 0.194. The first-order valence-corrected chi connectivity index (χ1v) is 12.6. The van der Waals surface area contributed by atoms with Crippen molar-refractivity contribution in [2.24, 2.45) is 0 Å². The van der Waals surface area contributed by atoms with E-state index in [9.17, 15) is 0 Å². The van der Waals surface area contributed by atoms with E-state index in [-0.39, 0.29) is 37.4 Å². The molecule has 0 spiro atoms. The molecule has 0 aromatic rings. The van der Waals surface area contributed by atoms with Crippen molar-refractivity contribution in [3.63, 3.8) is 0 Å². The summed E-state index contributed by atoms with van der Waals surface area (Å²) < 4.78 is 0. The molecule has 0 atom stereocenters. The Kier molecular flexibility index (Phi) is 491. The van der Waals surface area contributed by atoms with Crippen molar-refractivity contribution < 1.29 is 15.3 Å². The van der Waals surface area contributed by atoms with Crippen molar-refractivity contribution in [1.29, 1.82) is 0 Å². The summed E-state index contributed by atoms with van der Waals surface area (Å²) in [5.74, 6) is 0. The van der Waals surface area contributed by atoms with Gasteiger partial charge >= 0.3 is 0 Å². The van der Waals surface area contributed by atoms with Crippen LogP contribution in [-0.2, 0) is 0 Å². The quantitative estimate of drug-likeness (QED) is 0.223. The Bertz CT molecular complexity index is 56.8. The number of hydrogen-bond acceptors (Lipinski definition) is 3. The van der Waals surface area contributed by atoms with E-state index < -0.39 is 0 Å². The third-order valence-electron chi connectivity index (χ3n) is 0. The van der Waals surface area contributed by atoms with Gasteiger partial charge in [-0.25, -0.2) is 0 Å². The molecule has 0 radical (unpaired) electrons. The van der Waals surface area contributed by atoms with Crippen molar-refractivity contribution in [3.05, 3.63) is 0 Å². The number of halogens is 14. The van der Waals surface area contributed by atoms with Gasteiger partial charge in [-0.1, -0.05) is 0 Å². The first kappa shape index (κ1) is 63.3. The Hall–Kier alpha value is 3.94. The lowest BCUT2D eigenvalue weighted by atomic mass is 11.8. The zero-order chi connectivity index (χ0) is 24.9. The largest absolute Gasteiger partial charge is 0.400 e. The number of alkyl halides is 14. The van der Waals surface area contributed by atoms with E-state index in [4.69, 9.17) is 178 Å². The average molecular weight is 691 g/mol. The maximum absolute atomic E-state index is 7.00. The molecule has 17 heteroatoms. The zero-order valence-corrected chi connectivity index (χ0v) is 25.2. The van der Waals surface area contributed by atoms with E-state index in [1.807, 2.05) is 0 Å². The van der Waals surface area contributed by atoms with Gasteiger partial charge in [0.05, 0.1) is 37.4 Å².